The van der Waals surface area contributed by atoms with Gasteiger partial charge in [-0.3, -0.25) is 0 Å². The molecular formula is C24H21ClO6. The molecule has 1 aliphatic rings. The molecule has 160 valence electrons. The normalized spacial score (nSPS) is 21.4. The Morgan fingerprint density at radius 3 is 2.52 bits per heavy atom. The van der Waals surface area contributed by atoms with Gasteiger partial charge >= 0.3 is 5.97 Å². The number of ether oxygens (including phenoxy) is 2. The maximum Gasteiger partial charge on any atom is 0.371 e. The van der Waals surface area contributed by atoms with E-state index in [0.717, 1.165) is 5.56 Å². The van der Waals surface area contributed by atoms with Crippen LogP contribution in [-0.4, -0.2) is 22.8 Å². The second kappa shape index (κ2) is 9.39. The van der Waals surface area contributed by atoms with Gasteiger partial charge in [0.15, 0.2) is 6.29 Å². The number of benzene rings is 2. The Morgan fingerprint density at radius 1 is 1.06 bits per heavy atom. The summed E-state index contributed by atoms with van der Waals surface area (Å²) in [5.74, 6) is -0.712. The Labute approximate surface area is 184 Å². The first kappa shape index (κ1) is 21.2. The van der Waals surface area contributed by atoms with Crippen molar-refractivity contribution in [3.05, 3.63) is 94.4 Å². The predicted molar refractivity (Wildman–Crippen MR) is 115 cm³/mol. The average molecular weight is 441 g/mol. The number of aromatic carboxylic acids is 1. The van der Waals surface area contributed by atoms with Crippen molar-refractivity contribution in [3.63, 3.8) is 0 Å². The summed E-state index contributed by atoms with van der Waals surface area (Å²) < 4.78 is 17.5. The molecule has 7 heteroatoms. The number of furan rings is 1. The molecular weight excluding hydrogens is 420 g/mol. The molecule has 1 aliphatic heterocycles. The minimum atomic E-state index is -1.11. The van der Waals surface area contributed by atoms with E-state index >= 15 is 0 Å². The summed E-state index contributed by atoms with van der Waals surface area (Å²) in [6, 6.07) is 17.4. The van der Waals surface area contributed by atoms with Crippen LogP contribution in [0.2, 0.25) is 5.02 Å². The fraction of sp³-hybridized carbons (Fsp3) is 0.208. The molecule has 3 aromatic rings. The molecule has 1 saturated heterocycles. The number of phenolic OH excluding ortho intramolecular Hbond substituents is 1. The number of hydrogen-bond acceptors (Lipinski definition) is 5. The van der Waals surface area contributed by atoms with Gasteiger partial charge in [0, 0.05) is 22.1 Å². The quantitative estimate of drug-likeness (QED) is 0.500. The maximum atomic E-state index is 11.0. The minimum Gasteiger partial charge on any atom is -0.508 e. The summed E-state index contributed by atoms with van der Waals surface area (Å²) >= 11 is 6.32. The number of allylic oxidation sites excluding steroid dienone is 1. The van der Waals surface area contributed by atoms with E-state index < -0.39 is 18.4 Å². The van der Waals surface area contributed by atoms with Crippen molar-refractivity contribution in [2.45, 2.75) is 18.8 Å². The third-order valence-corrected chi connectivity index (χ3v) is 5.47. The van der Waals surface area contributed by atoms with Crippen LogP contribution in [0, 0.1) is 5.92 Å². The molecule has 4 rings (SSSR count). The van der Waals surface area contributed by atoms with Crippen molar-refractivity contribution >= 4 is 23.6 Å². The van der Waals surface area contributed by atoms with Crippen LogP contribution in [0.4, 0.5) is 0 Å². The number of rotatable bonds is 6. The highest BCUT2D eigenvalue weighted by atomic mass is 35.5. The smallest absolute Gasteiger partial charge is 0.371 e. The highest BCUT2D eigenvalue weighted by Gasteiger charge is 2.35. The van der Waals surface area contributed by atoms with Gasteiger partial charge in [0.2, 0.25) is 5.76 Å². The summed E-state index contributed by atoms with van der Waals surface area (Å²) in [5, 5.41) is 19.9. The number of halogens is 1. The van der Waals surface area contributed by atoms with E-state index in [0.29, 0.717) is 29.4 Å². The van der Waals surface area contributed by atoms with Crippen LogP contribution in [0.25, 0.3) is 6.08 Å². The zero-order valence-electron chi connectivity index (χ0n) is 16.5. The maximum absolute atomic E-state index is 11.0. The van der Waals surface area contributed by atoms with E-state index in [1.807, 2.05) is 36.4 Å². The summed E-state index contributed by atoms with van der Waals surface area (Å²) in [6.07, 6.45) is 3.09. The lowest BCUT2D eigenvalue weighted by Crippen LogP contribution is -2.30. The third-order valence-electron chi connectivity index (χ3n) is 5.12. The number of carboxylic acids is 1. The van der Waals surface area contributed by atoms with E-state index in [1.54, 1.807) is 30.3 Å². The molecule has 3 atom stereocenters. The first-order valence-corrected chi connectivity index (χ1v) is 10.2. The highest BCUT2D eigenvalue weighted by molar-refractivity contribution is 6.31. The van der Waals surface area contributed by atoms with Gasteiger partial charge in [-0.15, -0.1) is 0 Å². The van der Waals surface area contributed by atoms with Crippen LogP contribution in [-0.2, 0) is 9.47 Å². The molecule has 0 aliphatic carbocycles. The Bertz CT molecular complexity index is 1090. The molecule has 2 N–H and O–H groups in total. The molecule has 6 nitrogen and oxygen atoms in total. The van der Waals surface area contributed by atoms with Crippen molar-refractivity contribution in [1.82, 2.24) is 0 Å². The van der Waals surface area contributed by atoms with E-state index in [2.05, 4.69) is 0 Å². The van der Waals surface area contributed by atoms with E-state index in [9.17, 15) is 9.90 Å². The molecule has 0 radical (unpaired) electrons. The Balaban J connectivity index is 1.54. The molecule has 2 aromatic carbocycles. The van der Waals surface area contributed by atoms with Gasteiger partial charge < -0.3 is 24.1 Å². The van der Waals surface area contributed by atoms with Gasteiger partial charge in [-0.2, -0.15) is 0 Å². The first-order valence-electron chi connectivity index (χ1n) is 9.82. The third kappa shape index (κ3) is 4.82. The largest absolute Gasteiger partial charge is 0.508 e. The molecule has 0 unspecified atom stereocenters. The summed E-state index contributed by atoms with van der Waals surface area (Å²) in [5.41, 5.74) is 1.41. The van der Waals surface area contributed by atoms with Crippen LogP contribution in [0.15, 0.2) is 71.2 Å². The first-order chi connectivity index (χ1) is 15.0. The lowest BCUT2D eigenvalue weighted by Gasteiger charge is -2.37. The number of carboxylic acid groups (broad SMARTS) is 1. The van der Waals surface area contributed by atoms with Crippen molar-refractivity contribution in [2.24, 2.45) is 5.92 Å². The summed E-state index contributed by atoms with van der Waals surface area (Å²) in [4.78, 5) is 11.0. The Hall–Kier alpha value is -3.06. The molecule has 0 amide bonds. The second-order valence-corrected chi connectivity index (χ2v) is 7.61. The molecule has 31 heavy (non-hydrogen) atoms. The van der Waals surface area contributed by atoms with E-state index in [1.165, 1.54) is 6.07 Å². The molecule has 2 heterocycles. The van der Waals surface area contributed by atoms with Crippen molar-refractivity contribution < 1.29 is 28.9 Å². The fourth-order valence-corrected chi connectivity index (χ4v) is 3.80. The molecule has 0 spiro atoms. The predicted octanol–water partition coefficient (Wildman–Crippen LogP) is 5.84. The van der Waals surface area contributed by atoms with Gasteiger partial charge in [0.05, 0.1) is 12.7 Å². The van der Waals surface area contributed by atoms with Gasteiger partial charge in [-0.05, 0) is 36.8 Å². The van der Waals surface area contributed by atoms with E-state index in [-0.39, 0.29) is 17.4 Å². The molecule has 1 fully saturated rings. The van der Waals surface area contributed by atoms with Crippen LogP contribution in [0.1, 0.15) is 46.3 Å². The SMILES string of the molecule is O=C(O)c1ccc(/C=C\C[C@@H]2CO[C@H](c3ccccc3Cl)O[C@@H]2c2ccccc2O)o1. The Morgan fingerprint density at radius 2 is 1.81 bits per heavy atom. The summed E-state index contributed by atoms with van der Waals surface area (Å²) in [7, 11) is 0. The van der Waals surface area contributed by atoms with Crippen LogP contribution in [0.3, 0.4) is 0 Å². The summed E-state index contributed by atoms with van der Waals surface area (Å²) in [6.45, 7) is 0.387. The number of phenols is 1. The van der Waals surface area contributed by atoms with Crippen LogP contribution < -0.4 is 0 Å². The second-order valence-electron chi connectivity index (χ2n) is 7.21. The number of aromatic hydroxyl groups is 1. The van der Waals surface area contributed by atoms with Crippen molar-refractivity contribution in [3.8, 4) is 5.75 Å². The monoisotopic (exact) mass is 440 g/mol. The average Bonchev–Trinajstić information content (AvgIpc) is 3.24. The number of hydrogen-bond donors (Lipinski definition) is 2. The number of carbonyl (C=O) groups is 1. The topological polar surface area (TPSA) is 89.1 Å². The van der Waals surface area contributed by atoms with E-state index in [4.69, 9.17) is 30.6 Å². The Kier molecular flexibility index (Phi) is 6.42. The lowest BCUT2D eigenvalue weighted by molar-refractivity contribution is -0.244. The fourth-order valence-electron chi connectivity index (χ4n) is 3.57. The zero-order chi connectivity index (χ0) is 21.8. The van der Waals surface area contributed by atoms with Crippen molar-refractivity contribution in [1.29, 1.82) is 0 Å². The minimum absolute atomic E-state index is 0.0859. The standard InChI is InChI=1S/C24H21ClO6/c25-19-10-3-1-8-17(19)24-29-14-15(22(31-24)18-9-2-4-11-20(18)26)6-5-7-16-12-13-21(30-16)23(27)28/h1-5,7-13,15,22,24,26H,6,14H2,(H,27,28)/b7-5-/t15-,22+,24+/m1/s1. The van der Waals surface area contributed by atoms with Crippen LogP contribution in [0.5, 0.6) is 5.75 Å². The molecule has 0 bridgehead atoms. The number of para-hydroxylation sites is 1. The van der Waals surface area contributed by atoms with Gasteiger partial charge in [-0.1, -0.05) is 54.1 Å². The highest BCUT2D eigenvalue weighted by Crippen LogP contribution is 2.43. The van der Waals surface area contributed by atoms with Crippen molar-refractivity contribution in [2.75, 3.05) is 6.61 Å². The lowest BCUT2D eigenvalue weighted by atomic mass is 9.91. The van der Waals surface area contributed by atoms with Gasteiger partial charge in [-0.25, -0.2) is 4.79 Å². The zero-order valence-corrected chi connectivity index (χ0v) is 17.2. The molecule has 1 aromatic heterocycles. The van der Waals surface area contributed by atoms with Gasteiger partial charge in [0.1, 0.15) is 11.5 Å². The molecule has 0 saturated carbocycles. The van der Waals surface area contributed by atoms with Crippen LogP contribution >= 0.6 is 11.6 Å². The van der Waals surface area contributed by atoms with Gasteiger partial charge in [0.25, 0.3) is 0 Å².